The first kappa shape index (κ1) is 11.2. The number of carbonyl (C=O) groups is 1. The highest BCUT2D eigenvalue weighted by Gasteiger charge is 2.10. The molecule has 0 heterocycles. The van der Waals surface area contributed by atoms with Crippen molar-refractivity contribution in [3.8, 4) is 5.75 Å². The summed E-state index contributed by atoms with van der Waals surface area (Å²) in [5, 5.41) is 0. The minimum absolute atomic E-state index is 0.0154. The Labute approximate surface area is 90.2 Å². The van der Waals surface area contributed by atoms with Crippen LogP contribution in [0, 0.1) is 5.82 Å². The van der Waals surface area contributed by atoms with E-state index in [1.165, 1.54) is 20.1 Å². The number of carbonyl (C=O) groups excluding carboxylic acids is 1. The molecule has 4 heteroatoms. The Hall–Kier alpha value is -0.900. The third kappa shape index (κ3) is 2.54. The van der Waals surface area contributed by atoms with E-state index >= 15 is 0 Å². The van der Waals surface area contributed by atoms with Crippen LogP contribution in [0.2, 0.25) is 0 Å². The summed E-state index contributed by atoms with van der Waals surface area (Å²) < 4.78 is 18.5. The van der Waals surface area contributed by atoms with E-state index in [1.807, 2.05) is 0 Å². The van der Waals surface area contributed by atoms with Gasteiger partial charge in [-0.25, -0.2) is 4.39 Å². The summed E-state index contributed by atoms with van der Waals surface area (Å²) in [7, 11) is 1.46. The molecule has 0 amide bonds. The topological polar surface area (TPSA) is 26.3 Å². The van der Waals surface area contributed by atoms with E-state index in [4.69, 9.17) is 4.74 Å². The van der Waals surface area contributed by atoms with Crippen LogP contribution in [0.5, 0.6) is 5.75 Å². The predicted octanol–water partition coefficient (Wildman–Crippen LogP) is 2.73. The quantitative estimate of drug-likeness (QED) is 0.836. The number of hydrogen-bond donors (Lipinski definition) is 0. The van der Waals surface area contributed by atoms with E-state index in [9.17, 15) is 9.18 Å². The van der Waals surface area contributed by atoms with Crippen molar-refractivity contribution in [1.82, 2.24) is 0 Å². The molecule has 0 N–H and O–H groups in total. The molecular formula is C10H10BrFO2. The van der Waals surface area contributed by atoms with Crippen molar-refractivity contribution < 1.29 is 13.9 Å². The molecule has 14 heavy (non-hydrogen) atoms. The zero-order chi connectivity index (χ0) is 10.7. The van der Waals surface area contributed by atoms with Crippen LogP contribution in [0.25, 0.3) is 0 Å². The average molecular weight is 261 g/mol. The van der Waals surface area contributed by atoms with Crippen LogP contribution in [0.3, 0.4) is 0 Å². The lowest BCUT2D eigenvalue weighted by Crippen LogP contribution is -1.99. The predicted molar refractivity (Wildman–Crippen MR) is 55.0 cm³/mol. The molecule has 0 bridgehead atoms. The molecule has 0 spiro atoms. The number of Topliss-reactive ketones (excluding diaryl/α,β-unsaturated/α-hetero) is 1. The molecule has 0 saturated heterocycles. The van der Waals surface area contributed by atoms with Gasteiger partial charge in [-0.15, -0.1) is 0 Å². The van der Waals surface area contributed by atoms with Crippen molar-refractivity contribution in [1.29, 1.82) is 0 Å². The number of ether oxygens (including phenoxy) is 1. The first-order valence-corrected chi connectivity index (χ1v) is 4.85. The summed E-state index contributed by atoms with van der Waals surface area (Å²) in [5.74, 6) is -0.0131. The summed E-state index contributed by atoms with van der Waals surface area (Å²) in [5.41, 5.74) is 0.606. The lowest BCUT2D eigenvalue weighted by atomic mass is 10.1. The molecule has 0 fully saturated rings. The normalized spacial score (nSPS) is 10.0. The number of hydrogen-bond acceptors (Lipinski definition) is 2. The second-order valence-corrected chi connectivity index (χ2v) is 3.75. The number of ketones is 1. The maximum atomic E-state index is 13.2. The van der Waals surface area contributed by atoms with Gasteiger partial charge >= 0.3 is 0 Å². The monoisotopic (exact) mass is 260 g/mol. The molecule has 0 radical (unpaired) electrons. The van der Waals surface area contributed by atoms with E-state index in [0.29, 0.717) is 15.8 Å². The molecule has 0 saturated carbocycles. The van der Waals surface area contributed by atoms with E-state index in [-0.39, 0.29) is 12.2 Å². The minimum atomic E-state index is -0.416. The number of benzene rings is 1. The molecule has 1 aromatic rings. The fourth-order valence-corrected chi connectivity index (χ4v) is 1.50. The smallest absolute Gasteiger partial charge is 0.141 e. The Morgan fingerprint density at radius 3 is 2.71 bits per heavy atom. The summed E-state index contributed by atoms with van der Waals surface area (Å²) in [6.07, 6.45) is 0.203. The summed E-state index contributed by atoms with van der Waals surface area (Å²) in [4.78, 5) is 10.9. The summed E-state index contributed by atoms with van der Waals surface area (Å²) in [6.45, 7) is 1.46. The van der Waals surface area contributed by atoms with Gasteiger partial charge in [-0.1, -0.05) is 0 Å². The Bertz CT molecular complexity index is 363. The summed E-state index contributed by atoms with van der Waals surface area (Å²) in [6, 6.07) is 2.92. The van der Waals surface area contributed by atoms with Gasteiger partial charge in [0.15, 0.2) is 0 Å². The first-order chi connectivity index (χ1) is 6.54. The summed E-state index contributed by atoms with van der Waals surface area (Å²) >= 11 is 3.09. The largest absolute Gasteiger partial charge is 0.497 e. The maximum Gasteiger partial charge on any atom is 0.141 e. The van der Waals surface area contributed by atoms with Crippen molar-refractivity contribution in [3.05, 3.63) is 28.0 Å². The van der Waals surface area contributed by atoms with Crippen LogP contribution in [-0.4, -0.2) is 12.9 Å². The minimum Gasteiger partial charge on any atom is -0.497 e. The van der Waals surface area contributed by atoms with Gasteiger partial charge in [0, 0.05) is 12.5 Å². The lowest BCUT2D eigenvalue weighted by molar-refractivity contribution is -0.116. The molecule has 0 unspecified atom stereocenters. The molecule has 2 nitrogen and oxygen atoms in total. The van der Waals surface area contributed by atoms with E-state index < -0.39 is 5.82 Å². The zero-order valence-corrected chi connectivity index (χ0v) is 9.52. The fourth-order valence-electron chi connectivity index (χ4n) is 1.13. The van der Waals surface area contributed by atoms with Gasteiger partial charge in [0.2, 0.25) is 0 Å². The van der Waals surface area contributed by atoms with Crippen molar-refractivity contribution in [3.63, 3.8) is 0 Å². The van der Waals surface area contributed by atoms with Crippen LogP contribution in [0.4, 0.5) is 4.39 Å². The Kier molecular flexibility index (Phi) is 3.63. The van der Waals surface area contributed by atoms with Crippen LogP contribution in [0.1, 0.15) is 12.5 Å². The molecule has 1 aromatic carbocycles. The van der Waals surface area contributed by atoms with Gasteiger partial charge in [0.05, 0.1) is 11.6 Å². The number of halogens is 2. The maximum absolute atomic E-state index is 13.2. The molecule has 0 aliphatic heterocycles. The zero-order valence-electron chi connectivity index (χ0n) is 7.93. The fraction of sp³-hybridized carbons (Fsp3) is 0.300. The molecule has 0 aliphatic rings. The number of methoxy groups -OCH3 is 1. The molecular weight excluding hydrogens is 251 g/mol. The van der Waals surface area contributed by atoms with Gasteiger partial charge < -0.3 is 4.74 Å². The highest BCUT2D eigenvalue weighted by atomic mass is 79.9. The van der Waals surface area contributed by atoms with Gasteiger partial charge in [0.1, 0.15) is 17.3 Å². The van der Waals surface area contributed by atoms with E-state index in [2.05, 4.69) is 15.9 Å². The average Bonchev–Trinajstić information content (AvgIpc) is 2.11. The van der Waals surface area contributed by atoms with Crippen LogP contribution in [0.15, 0.2) is 16.6 Å². The van der Waals surface area contributed by atoms with Crippen molar-refractivity contribution in [2.24, 2.45) is 0 Å². The van der Waals surface area contributed by atoms with Crippen LogP contribution in [-0.2, 0) is 11.2 Å². The van der Waals surface area contributed by atoms with Gasteiger partial charge in [0.25, 0.3) is 0 Å². The molecule has 76 valence electrons. The lowest BCUT2D eigenvalue weighted by Gasteiger charge is -2.06. The molecule has 0 aliphatic carbocycles. The van der Waals surface area contributed by atoms with E-state index in [0.717, 1.165) is 0 Å². The van der Waals surface area contributed by atoms with Gasteiger partial charge in [-0.2, -0.15) is 0 Å². The van der Waals surface area contributed by atoms with Gasteiger partial charge in [-0.05, 0) is 34.5 Å². The van der Waals surface area contributed by atoms with E-state index in [1.54, 1.807) is 6.07 Å². The number of rotatable bonds is 3. The SMILES string of the molecule is COc1cc(F)c(Br)c(CC(C)=O)c1. The molecule has 1 rings (SSSR count). The Morgan fingerprint density at radius 1 is 1.57 bits per heavy atom. The third-order valence-corrected chi connectivity index (χ3v) is 2.64. The Balaban J connectivity index is 3.13. The molecule has 0 aromatic heterocycles. The third-order valence-electron chi connectivity index (χ3n) is 1.75. The van der Waals surface area contributed by atoms with Crippen molar-refractivity contribution in [2.75, 3.05) is 7.11 Å². The first-order valence-electron chi connectivity index (χ1n) is 4.06. The van der Waals surface area contributed by atoms with Crippen molar-refractivity contribution >= 4 is 21.7 Å². The second-order valence-electron chi connectivity index (χ2n) is 2.96. The van der Waals surface area contributed by atoms with Crippen molar-refractivity contribution in [2.45, 2.75) is 13.3 Å². The Morgan fingerprint density at radius 2 is 2.21 bits per heavy atom. The highest BCUT2D eigenvalue weighted by molar-refractivity contribution is 9.10. The second kappa shape index (κ2) is 4.55. The molecule has 0 atom stereocenters. The van der Waals surface area contributed by atoms with Gasteiger partial charge in [-0.3, -0.25) is 4.79 Å². The van der Waals surface area contributed by atoms with Crippen LogP contribution < -0.4 is 4.74 Å². The standard InChI is InChI=1S/C10H10BrFO2/c1-6(13)3-7-4-8(14-2)5-9(12)10(7)11/h4-5H,3H2,1-2H3. The van der Waals surface area contributed by atoms with Crippen LogP contribution >= 0.6 is 15.9 Å². The highest BCUT2D eigenvalue weighted by Crippen LogP contribution is 2.26.